The molecule has 0 aliphatic heterocycles. The minimum Gasteiger partial charge on any atom is -0.333 e. The van der Waals surface area contributed by atoms with Gasteiger partial charge < -0.3 is 15.5 Å². The van der Waals surface area contributed by atoms with E-state index in [0.29, 0.717) is 12.4 Å². The average Bonchev–Trinajstić information content (AvgIpc) is 3.17. The molecule has 0 unspecified atom stereocenters. The van der Waals surface area contributed by atoms with Gasteiger partial charge in [0.2, 0.25) is 5.91 Å². The molecule has 0 spiro atoms. The van der Waals surface area contributed by atoms with Crippen molar-refractivity contribution in [2.75, 3.05) is 18.4 Å². The SMILES string of the molecule is CCCN(CC(=O)Nc1cc(-c2ccccc2)nn1-c1ccccc1)C(=O)NC(C)(C)C. The van der Waals surface area contributed by atoms with Crippen molar-refractivity contribution in [3.63, 3.8) is 0 Å². The molecule has 0 bridgehead atoms. The molecule has 0 aliphatic rings. The molecule has 3 rings (SSSR count). The highest BCUT2D eigenvalue weighted by molar-refractivity contribution is 5.94. The number of amides is 3. The van der Waals surface area contributed by atoms with Gasteiger partial charge in [-0.2, -0.15) is 5.10 Å². The van der Waals surface area contributed by atoms with Crippen LogP contribution in [0.15, 0.2) is 66.7 Å². The van der Waals surface area contributed by atoms with Crippen LogP contribution in [-0.4, -0.2) is 45.2 Å². The maximum absolute atomic E-state index is 12.9. The molecule has 0 saturated heterocycles. The van der Waals surface area contributed by atoms with E-state index < -0.39 is 0 Å². The number of urea groups is 1. The number of hydrogen-bond donors (Lipinski definition) is 2. The van der Waals surface area contributed by atoms with Gasteiger partial charge in [0.25, 0.3) is 0 Å². The van der Waals surface area contributed by atoms with E-state index in [4.69, 9.17) is 5.10 Å². The quantitative estimate of drug-likeness (QED) is 0.567. The van der Waals surface area contributed by atoms with Crippen molar-refractivity contribution in [3.05, 3.63) is 66.7 Å². The van der Waals surface area contributed by atoms with E-state index in [1.54, 1.807) is 4.68 Å². The highest BCUT2D eigenvalue weighted by Crippen LogP contribution is 2.24. The maximum Gasteiger partial charge on any atom is 0.318 e. The zero-order chi connectivity index (χ0) is 23.1. The van der Waals surface area contributed by atoms with Crippen LogP contribution in [0, 0.1) is 0 Å². The predicted octanol–water partition coefficient (Wildman–Crippen LogP) is 4.70. The van der Waals surface area contributed by atoms with Gasteiger partial charge >= 0.3 is 6.03 Å². The number of hydrogen-bond acceptors (Lipinski definition) is 3. The van der Waals surface area contributed by atoms with Gasteiger partial charge in [0.05, 0.1) is 11.4 Å². The smallest absolute Gasteiger partial charge is 0.318 e. The summed E-state index contributed by atoms with van der Waals surface area (Å²) in [4.78, 5) is 27.1. The maximum atomic E-state index is 12.9. The first-order chi connectivity index (χ1) is 15.3. The van der Waals surface area contributed by atoms with E-state index in [9.17, 15) is 9.59 Å². The normalized spacial score (nSPS) is 11.1. The van der Waals surface area contributed by atoms with Gasteiger partial charge in [0.15, 0.2) is 0 Å². The molecule has 0 atom stereocenters. The monoisotopic (exact) mass is 433 g/mol. The number of anilines is 1. The van der Waals surface area contributed by atoms with Gasteiger partial charge in [0.1, 0.15) is 12.4 Å². The van der Waals surface area contributed by atoms with Gasteiger partial charge in [-0.25, -0.2) is 9.48 Å². The lowest BCUT2D eigenvalue weighted by Crippen LogP contribution is -2.50. The zero-order valence-electron chi connectivity index (χ0n) is 19.1. The number of benzene rings is 2. The summed E-state index contributed by atoms with van der Waals surface area (Å²) in [5.41, 5.74) is 2.16. The highest BCUT2D eigenvalue weighted by atomic mass is 16.2. The lowest BCUT2D eigenvalue weighted by Gasteiger charge is -2.27. The fraction of sp³-hybridized carbons (Fsp3) is 0.320. The van der Waals surface area contributed by atoms with Crippen LogP contribution in [0.2, 0.25) is 0 Å². The summed E-state index contributed by atoms with van der Waals surface area (Å²) < 4.78 is 1.71. The fourth-order valence-electron chi connectivity index (χ4n) is 3.26. The zero-order valence-corrected chi connectivity index (χ0v) is 19.1. The van der Waals surface area contributed by atoms with Crippen molar-refractivity contribution in [2.24, 2.45) is 0 Å². The minimum absolute atomic E-state index is 0.0452. The summed E-state index contributed by atoms with van der Waals surface area (Å²) in [6, 6.07) is 21.0. The molecule has 32 heavy (non-hydrogen) atoms. The molecule has 3 aromatic rings. The molecule has 0 fully saturated rings. The lowest BCUT2D eigenvalue weighted by atomic mass is 10.1. The Morgan fingerprint density at radius 1 is 1.00 bits per heavy atom. The third-order valence-electron chi connectivity index (χ3n) is 4.64. The molecule has 7 nitrogen and oxygen atoms in total. The number of carbonyl (C=O) groups is 2. The Labute approximate surface area is 189 Å². The Balaban J connectivity index is 1.84. The largest absolute Gasteiger partial charge is 0.333 e. The lowest BCUT2D eigenvalue weighted by molar-refractivity contribution is -0.116. The van der Waals surface area contributed by atoms with E-state index in [-0.39, 0.29) is 24.0 Å². The van der Waals surface area contributed by atoms with Gasteiger partial charge in [-0.05, 0) is 39.3 Å². The number of nitrogens with one attached hydrogen (secondary N) is 2. The summed E-state index contributed by atoms with van der Waals surface area (Å²) in [6.45, 7) is 8.17. The van der Waals surface area contributed by atoms with Gasteiger partial charge in [-0.1, -0.05) is 55.5 Å². The second kappa shape index (κ2) is 10.1. The Morgan fingerprint density at radius 2 is 1.62 bits per heavy atom. The first-order valence-electron chi connectivity index (χ1n) is 10.8. The van der Waals surface area contributed by atoms with Crippen LogP contribution in [0.1, 0.15) is 34.1 Å². The van der Waals surface area contributed by atoms with Gasteiger partial charge in [0, 0.05) is 23.7 Å². The molecule has 1 aromatic heterocycles. The standard InChI is InChI=1S/C25H31N5O2/c1-5-16-29(24(32)27-25(2,3)4)18-23(31)26-22-17-21(19-12-8-6-9-13-19)28-30(22)20-14-10-7-11-15-20/h6-15,17H,5,16,18H2,1-4H3,(H,26,31)(H,27,32). The first-order valence-corrected chi connectivity index (χ1v) is 10.8. The van der Waals surface area contributed by atoms with Crippen LogP contribution in [0.3, 0.4) is 0 Å². The molecule has 2 N–H and O–H groups in total. The third-order valence-corrected chi connectivity index (χ3v) is 4.64. The van der Waals surface area contributed by atoms with Crippen molar-refractivity contribution < 1.29 is 9.59 Å². The first kappa shape index (κ1) is 23.1. The van der Waals surface area contributed by atoms with Crippen LogP contribution < -0.4 is 10.6 Å². The molecule has 0 radical (unpaired) electrons. The highest BCUT2D eigenvalue weighted by Gasteiger charge is 2.22. The molecule has 168 valence electrons. The third kappa shape index (κ3) is 6.20. The van der Waals surface area contributed by atoms with E-state index in [1.807, 2.05) is 94.4 Å². The molecular formula is C25H31N5O2. The van der Waals surface area contributed by atoms with E-state index in [0.717, 1.165) is 23.4 Å². The second-order valence-electron chi connectivity index (χ2n) is 8.68. The number of para-hydroxylation sites is 1. The van der Waals surface area contributed by atoms with Gasteiger partial charge in [-0.15, -0.1) is 0 Å². The topological polar surface area (TPSA) is 79.3 Å². The van der Waals surface area contributed by atoms with Crippen LogP contribution in [-0.2, 0) is 4.79 Å². The Morgan fingerprint density at radius 3 is 2.22 bits per heavy atom. The van der Waals surface area contributed by atoms with Crippen molar-refractivity contribution in [1.82, 2.24) is 20.0 Å². The fourth-order valence-corrected chi connectivity index (χ4v) is 3.26. The molecule has 7 heteroatoms. The molecule has 3 amide bonds. The van der Waals surface area contributed by atoms with Gasteiger partial charge in [-0.3, -0.25) is 4.79 Å². The summed E-state index contributed by atoms with van der Waals surface area (Å²) in [5, 5.41) is 10.6. The number of aromatic nitrogens is 2. The summed E-state index contributed by atoms with van der Waals surface area (Å²) in [7, 11) is 0. The van der Waals surface area contributed by atoms with Crippen molar-refractivity contribution in [1.29, 1.82) is 0 Å². The average molecular weight is 434 g/mol. The predicted molar refractivity (Wildman–Crippen MR) is 128 cm³/mol. The van der Waals surface area contributed by atoms with E-state index in [1.165, 1.54) is 4.90 Å². The number of nitrogens with zero attached hydrogens (tertiary/aromatic N) is 3. The number of carbonyl (C=O) groups excluding carboxylic acids is 2. The summed E-state index contributed by atoms with van der Waals surface area (Å²) >= 11 is 0. The van der Waals surface area contributed by atoms with Crippen LogP contribution in [0.4, 0.5) is 10.6 Å². The molecule has 0 saturated carbocycles. The van der Waals surface area contributed by atoms with Crippen LogP contribution in [0.25, 0.3) is 16.9 Å². The molecule has 0 aliphatic carbocycles. The Bertz CT molecular complexity index is 1040. The van der Waals surface area contributed by atoms with E-state index in [2.05, 4.69) is 10.6 Å². The molecular weight excluding hydrogens is 402 g/mol. The van der Waals surface area contributed by atoms with Crippen molar-refractivity contribution in [3.8, 4) is 16.9 Å². The molecule has 1 heterocycles. The minimum atomic E-state index is -0.379. The van der Waals surface area contributed by atoms with E-state index >= 15 is 0 Å². The van der Waals surface area contributed by atoms with Crippen LogP contribution in [0.5, 0.6) is 0 Å². The number of rotatable bonds is 7. The Kier molecular flexibility index (Phi) is 7.30. The van der Waals surface area contributed by atoms with Crippen molar-refractivity contribution >= 4 is 17.8 Å². The second-order valence-corrected chi connectivity index (χ2v) is 8.68. The summed E-state index contributed by atoms with van der Waals surface area (Å²) in [5.74, 6) is 0.270. The molecule has 2 aromatic carbocycles. The Hall–Kier alpha value is -3.61. The summed E-state index contributed by atoms with van der Waals surface area (Å²) in [6.07, 6.45) is 0.755. The van der Waals surface area contributed by atoms with Crippen molar-refractivity contribution in [2.45, 2.75) is 39.7 Å². The van der Waals surface area contributed by atoms with Crippen LogP contribution >= 0.6 is 0 Å².